The van der Waals surface area contributed by atoms with Crippen molar-refractivity contribution in [2.45, 2.75) is 0 Å². The van der Waals surface area contributed by atoms with E-state index in [1.54, 1.807) is 0 Å². The molecule has 0 rings (SSSR count). The monoisotopic (exact) mass is 143 g/mol. The second-order valence-electron chi connectivity index (χ2n) is 1.37. The van der Waals surface area contributed by atoms with Gasteiger partial charge in [-0.05, 0) is 0 Å². The molecule has 0 aliphatic heterocycles. The summed E-state index contributed by atoms with van der Waals surface area (Å²) in [5.41, 5.74) is 5.18. The zero-order valence-corrected chi connectivity index (χ0v) is 5.83. The summed E-state index contributed by atoms with van der Waals surface area (Å²) >= 11 is 0. The maximum Gasteiger partial charge on any atom is 0.266 e. The van der Waals surface area contributed by atoms with E-state index in [4.69, 9.17) is 5.73 Å². The van der Waals surface area contributed by atoms with Crippen molar-refractivity contribution in [2.24, 2.45) is 20.9 Å². The third-order valence-corrected chi connectivity index (χ3v) is 0.779. The third kappa shape index (κ3) is 2.75. The Morgan fingerprint density at radius 1 is 1.40 bits per heavy atom. The smallest absolute Gasteiger partial charge is 0.266 e. The second-order valence-corrected chi connectivity index (χ2v) is 1.37. The minimum Gasteiger partial charge on any atom is -0.370 e. The first-order valence-corrected chi connectivity index (χ1v) is 2.54. The van der Waals surface area contributed by atoms with Gasteiger partial charge in [0.25, 0.3) is 5.96 Å². The van der Waals surface area contributed by atoms with Gasteiger partial charge in [0.2, 0.25) is 0 Å². The fourth-order valence-electron chi connectivity index (χ4n) is 0.290. The highest BCUT2D eigenvalue weighted by molar-refractivity contribution is 5.98. The predicted octanol–water partition coefficient (Wildman–Crippen LogP) is -0.727. The maximum absolute atomic E-state index is 9.83. The molecule has 0 fully saturated rings. The van der Waals surface area contributed by atoms with E-state index in [1.807, 2.05) is 0 Å². The zero-order chi connectivity index (χ0) is 7.98. The summed E-state index contributed by atoms with van der Waals surface area (Å²) in [5.74, 6) is 0.0308. The van der Waals surface area contributed by atoms with E-state index in [0.29, 0.717) is 0 Å². The van der Waals surface area contributed by atoms with Crippen LogP contribution in [0.15, 0.2) is 15.2 Å². The van der Waals surface area contributed by atoms with Crippen LogP contribution in [0, 0.1) is 4.91 Å². The summed E-state index contributed by atoms with van der Waals surface area (Å²) in [5, 5.41) is 4.89. The van der Waals surface area contributed by atoms with Crippen molar-refractivity contribution in [3.63, 3.8) is 0 Å². The number of nitroso groups, excluding NO2 is 1. The van der Waals surface area contributed by atoms with Crippen LogP contribution in [0.25, 0.3) is 0 Å². The minimum atomic E-state index is -0.0805. The van der Waals surface area contributed by atoms with E-state index in [9.17, 15) is 4.91 Å². The molecule has 6 heteroatoms. The average Bonchev–Trinajstić information content (AvgIpc) is 1.99. The number of nitrogens with zero attached hydrogens (tertiary/aromatic N) is 3. The van der Waals surface area contributed by atoms with Crippen molar-refractivity contribution in [1.82, 2.24) is 5.32 Å². The van der Waals surface area contributed by atoms with Gasteiger partial charge in [-0.1, -0.05) is 0 Å². The van der Waals surface area contributed by atoms with Crippen molar-refractivity contribution in [1.29, 1.82) is 0 Å². The van der Waals surface area contributed by atoms with E-state index in [2.05, 4.69) is 20.5 Å². The Labute approximate surface area is 58.2 Å². The molecule has 0 atom stereocenters. The quantitative estimate of drug-likeness (QED) is 0.266. The molecule has 10 heavy (non-hydrogen) atoms. The Balaban J connectivity index is 4.00. The SMILES string of the molecule is CN=C(N)NC(N=O)=NC. The largest absolute Gasteiger partial charge is 0.370 e. The fourth-order valence-corrected chi connectivity index (χ4v) is 0.290. The first-order chi connectivity index (χ1) is 4.74. The molecule has 0 amide bonds. The Morgan fingerprint density at radius 3 is 2.30 bits per heavy atom. The molecule has 0 aromatic carbocycles. The van der Waals surface area contributed by atoms with Gasteiger partial charge in [0, 0.05) is 19.3 Å². The van der Waals surface area contributed by atoms with E-state index in [-0.39, 0.29) is 11.9 Å². The van der Waals surface area contributed by atoms with Crippen LogP contribution in [0.3, 0.4) is 0 Å². The van der Waals surface area contributed by atoms with E-state index >= 15 is 0 Å². The van der Waals surface area contributed by atoms with Gasteiger partial charge >= 0.3 is 0 Å². The highest BCUT2D eigenvalue weighted by atomic mass is 16.3. The molecule has 0 unspecified atom stereocenters. The van der Waals surface area contributed by atoms with Gasteiger partial charge < -0.3 is 5.73 Å². The van der Waals surface area contributed by atoms with E-state index in [1.165, 1.54) is 14.1 Å². The molecule has 6 nitrogen and oxygen atoms in total. The molecule has 0 radical (unpaired) electrons. The van der Waals surface area contributed by atoms with Gasteiger partial charge in [-0.3, -0.25) is 15.3 Å². The summed E-state index contributed by atoms with van der Waals surface area (Å²) in [7, 11) is 2.91. The van der Waals surface area contributed by atoms with Crippen LogP contribution in [-0.2, 0) is 0 Å². The molecule has 0 aliphatic rings. The standard InChI is InChI=1S/C4H9N5O/c1-6-3(5)8-4(7-2)9-10/h1-2H3,(H3,5,6,7,8). The second kappa shape index (κ2) is 4.42. The van der Waals surface area contributed by atoms with Crippen LogP contribution in [0.5, 0.6) is 0 Å². The van der Waals surface area contributed by atoms with Crippen molar-refractivity contribution < 1.29 is 0 Å². The van der Waals surface area contributed by atoms with E-state index < -0.39 is 0 Å². The summed E-state index contributed by atoms with van der Waals surface area (Å²) in [6, 6.07) is 0. The molecule has 0 spiro atoms. The number of guanidine groups is 2. The number of nitrogens with one attached hydrogen (secondary N) is 1. The summed E-state index contributed by atoms with van der Waals surface area (Å²) in [4.78, 5) is 16.8. The van der Waals surface area contributed by atoms with Gasteiger partial charge in [0.05, 0.1) is 0 Å². The minimum absolute atomic E-state index is 0.0805. The predicted molar refractivity (Wildman–Crippen MR) is 39.8 cm³/mol. The summed E-state index contributed by atoms with van der Waals surface area (Å²) < 4.78 is 0. The lowest BCUT2D eigenvalue weighted by Gasteiger charge is -1.97. The molecule has 0 saturated heterocycles. The molecular formula is C4H9N5O. The third-order valence-electron chi connectivity index (χ3n) is 0.779. The molecule has 0 saturated carbocycles. The fraction of sp³-hybridized carbons (Fsp3) is 0.500. The lowest BCUT2D eigenvalue weighted by molar-refractivity contribution is 1.19. The number of rotatable bonds is 0. The topological polar surface area (TPSA) is 92.2 Å². The van der Waals surface area contributed by atoms with Gasteiger partial charge in [-0.2, -0.15) is 0 Å². The normalized spacial score (nSPS) is 13.0. The number of aliphatic imine (C=N–C) groups is 2. The van der Waals surface area contributed by atoms with Crippen molar-refractivity contribution in [2.75, 3.05) is 14.1 Å². The first kappa shape index (κ1) is 8.54. The molecule has 0 heterocycles. The van der Waals surface area contributed by atoms with Crippen LogP contribution < -0.4 is 11.1 Å². The molecule has 0 aromatic heterocycles. The Kier molecular flexibility index (Phi) is 3.78. The maximum atomic E-state index is 9.83. The van der Waals surface area contributed by atoms with E-state index in [0.717, 1.165) is 0 Å². The Morgan fingerprint density at radius 2 is 2.00 bits per heavy atom. The molecule has 0 aromatic rings. The number of hydrogen-bond donors (Lipinski definition) is 2. The van der Waals surface area contributed by atoms with Crippen LogP contribution in [-0.4, -0.2) is 26.0 Å². The van der Waals surface area contributed by atoms with Crippen LogP contribution in [0.4, 0.5) is 0 Å². The lowest BCUT2D eigenvalue weighted by Crippen LogP contribution is -2.35. The summed E-state index contributed by atoms with van der Waals surface area (Å²) in [6.07, 6.45) is 0. The van der Waals surface area contributed by atoms with Crippen molar-refractivity contribution in [3.05, 3.63) is 4.91 Å². The van der Waals surface area contributed by atoms with Gasteiger partial charge in [-0.25, -0.2) is 0 Å². The lowest BCUT2D eigenvalue weighted by atomic mass is 10.8. The van der Waals surface area contributed by atoms with Crippen molar-refractivity contribution in [3.8, 4) is 0 Å². The molecule has 56 valence electrons. The number of nitrogens with two attached hydrogens (primary N) is 1. The van der Waals surface area contributed by atoms with Gasteiger partial charge in [0.15, 0.2) is 5.96 Å². The average molecular weight is 143 g/mol. The number of hydrogen-bond acceptors (Lipinski definition) is 3. The summed E-state index contributed by atoms with van der Waals surface area (Å²) in [6.45, 7) is 0. The Hall–Kier alpha value is -1.46. The molecule has 0 aliphatic carbocycles. The van der Waals surface area contributed by atoms with Crippen LogP contribution in [0.2, 0.25) is 0 Å². The van der Waals surface area contributed by atoms with Crippen LogP contribution in [0.1, 0.15) is 0 Å². The molecule has 3 N–H and O–H groups in total. The molecule has 0 bridgehead atoms. The zero-order valence-electron chi connectivity index (χ0n) is 5.83. The Bertz CT molecular complexity index is 172. The molecular weight excluding hydrogens is 134 g/mol. The van der Waals surface area contributed by atoms with Gasteiger partial charge in [0.1, 0.15) is 0 Å². The first-order valence-electron chi connectivity index (χ1n) is 2.54. The van der Waals surface area contributed by atoms with Crippen LogP contribution >= 0.6 is 0 Å². The highest BCUT2D eigenvalue weighted by Gasteiger charge is 1.95. The van der Waals surface area contributed by atoms with Gasteiger partial charge in [-0.15, -0.1) is 4.91 Å². The van der Waals surface area contributed by atoms with Crippen molar-refractivity contribution >= 4 is 11.9 Å². The highest BCUT2D eigenvalue weighted by Crippen LogP contribution is 1.71.